The lowest BCUT2D eigenvalue weighted by atomic mass is 9.95. The van der Waals surface area contributed by atoms with Crippen molar-refractivity contribution in [3.05, 3.63) is 41.0 Å². The molecule has 0 heterocycles. The molecule has 100 valence electrons. The van der Waals surface area contributed by atoms with Crippen LogP contribution in [0.4, 0.5) is 0 Å². The molecule has 0 fully saturated rings. The zero-order valence-corrected chi connectivity index (χ0v) is 13.1. The molecular formula is C17H26S. The van der Waals surface area contributed by atoms with E-state index in [0.29, 0.717) is 0 Å². The van der Waals surface area contributed by atoms with Crippen molar-refractivity contribution in [1.29, 1.82) is 0 Å². The predicted molar refractivity (Wildman–Crippen MR) is 86.1 cm³/mol. The topological polar surface area (TPSA) is 0 Å². The number of rotatable bonds is 6. The molecule has 0 amide bonds. The molecule has 0 bridgehead atoms. The van der Waals surface area contributed by atoms with Gasteiger partial charge in [0, 0.05) is 4.91 Å². The van der Waals surface area contributed by atoms with E-state index in [0.717, 1.165) is 10.8 Å². The highest BCUT2D eigenvalue weighted by molar-refractivity contribution is 7.90. The van der Waals surface area contributed by atoms with Gasteiger partial charge in [-0.3, -0.25) is 0 Å². The SMILES string of the molecule is CCCCC(C)Cc1ccc(C(S)=C(C)C)cc1. The van der Waals surface area contributed by atoms with Crippen molar-refractivity contribution >= 4 is 17.5 Å². The molecule has 0 aliphatic rings. The number of allylic oxidation sites excluding steroid dienone is 1. The van der Waals surface area contributed by atoms with Crippen LogP contribution in [-0.4, -0.2) is 0 Å². The first-order valence-corrected chi connectivity index (χ1v) is 7.45. The van der Waals surface area contributed by atoms with Crippen LogP contribution in [0.3, 0.4) is 0 Å². The molecule has 1 aromatic rings. The van der Waals surface area contributed by atoms with Crippen LogP contribution in [0, 0.1) is 5.92 Å². The highest BCUT2D eigenvalue weighted by Gasteiger charge is 2.04. The lowest BCUT2D eigenvalue weighted by molar-refractivity contribution is 0.503. The lowest BCUT2D eigenvalue weighted by Crippen LogP contribution is -1.99. The highest BCUT2D eigenvalue weighted by Crippen LogP contribution is 2.23. The highest BCUT2D eigenvalue weighted by atomic mass is 32.1. The summed E-state index contributed by atoms with van der Waals surface area (Å²) in [6.45, 7) is 8.81. The average Bonchev–Trinajstić information content (AvgIpc) is 2.36. The summed E-state index contributed by atoms with van der Waals surface area (Å²) >= 11 is 4.54. The van der Waals surface area contributed by atoms with Crippen LogP contribution >= 0.6 is 12.6 Å². The van der Waals surface area contributed by atoms with Gasteiger partial charge in [-0.2, -0.15) is 0 Å². The molecule has 1 unspecified atom stereocenters. The Kier molecular flexibility index (Phi) is 6.56. The van der Waals surface area contributed by atoms with Crippen molar-refractivity contribution in [3.8, 4) is 0 Å². The van der Waals surface area contributed by atoms with Crippen LogP contribution in [0.25, 0.3) is 4.91 Å². The summed E-state index contributed by atoms with van der Waals surface area (Å²) in [5, 5.41) is 0. The number of hydrogen-bond donors (Lipinski definition) is 1. The van der Waals surface area contributed by atoms with Crippen LogP contribution in [0.15, 0.2) is 29.8 Å². The van der Waals surface area contributed by atoms with E-state index in [1.165, 1.54) is 42.4 Å². The number of unbranched alkanes of at least 4 members (excludes halogenated alkanes) is 1. The molecule has 0 saturated heterocycles. The maximum Gasteiger partial charge on any atom is 0.00989 e. The normalized spacial score (nSPS) is 12.3. The summed E-state index contributed by atoms with van der Waals surface area (Å²) < 4.78 is 0. The summed E-state index contributed by atoms with van der Waals surface area (Å²) in [4.78, 5) is 1.10. The van der Waals surface area contributed by atoms with Crippen molar-refractivity contribution in [2.24, 2.45) is 5.92 Å². The first-order valence-electron chi connectivity index (χ1n) is 7.00. The fourth-order valence-electron chi connectivity index (χ4n) is 2.14. The smallest absolute Gasteiger partial charge is 0.00989 e. The third kappa shape index (κ3) is 4.89. The van der Waals surface area contributed by atoms with Gasteiger partial charge in [0.25, 0.3) is 0 Å². The van der Waals surface area contributed by atoms with Gasteiger partial charge in [-0.05, 0) is 37.3 Å². The van der Waals surface area contributed by atoms with Crippen molar-refractivity contribution < 1.29 is 0 Å². The van der Waals surface area contributed by atoms with Gasteiger partial charge in [0.2, 0.25) is 0 Å². The summed E-state index contributed by atoms with van der Waals surface area (Å²) in [7, 11) is 0. The van der Waals surface area contributed by atoms with E-state index in [1.54, 1.807) is 0 Å². The van der Waals surface area contributed by atoms with Crippen LogP contribution < -0.4 is 0 Å². The number of thiol groups is 1. The minimum Gasteiger partial charge on any atom is -0.143 e. The molecule has 1 atom stereocenters. The van der Waals surface area contributed by atoms with E-state index in [-0.39, 0.29) is 0 Å². The lowest BCUT2D eigenvalue weighted by Gasteiger charge is -2.11. The van der Waals surface area contributed by atoms with Gasteiger partial charge in [0.05, 0.1) is 0 Å². The Bertz CT molecular complexity index is 383. The van der Waals surface area contributed by atoms with Gasteiger partial charge in [-0.1, -0.05) is 62.9 Å². The maximum atomic E-state index is 4.54. The Morgan fingerprint density at radius 3 is 2.28 bits per heavy atom. The fourth-order valence-corrected chi connectivity index (χ4v) is 2.29. The van der Waals surface area contributed by atoms with Gasteiger partial charge < -0.3 is 0 Å². The van der Waals surface area contributed by atoms with E-state index < -0.39 is 0 Å². The molecule has 0 nitrogen and oxygen atoms in total. The average molecular weight is 262 g/mol. The minimum atomic E-state index is 0.787. The van der Waals surface area contributed by atoms with E-state index in [4.69, 9.17) is 0 Å². The Morgan fingerprint density at radius 1 is 1.17 bits per heavy atom. The van der Waals surface area contributed by atoms with Crippen molar-refractivity contribution in [1.82, 2.24) is 0 Å². The van der Waals surface area contributed by atoms with E-state index in [9.17, 15) is 0 Å². The van der Waals surface area contributed by atoms with E-state index in [2.05, 4.69) is 64.6 Å². The molecule has 18 heavy (non-hydrogen) atoms. The third-order valence-corrected chi connectivity index (χ3v) is 4.04. The first-order chi connectivity index (χ1) is 8.54. The Morgan fingerprint density at radius 2 is 1.78 bits per heavy atom. The first kappa shape index (κ1) is 15.4. The van der Waals surface area contributed by atoms with Crippen molar-refractivity contribution in [3.63, 3.8) is 0 Å². The third-order valence-electron chi connectivity index (χ3n) is 3.34. The molecule has 0 saturated carbocycles. The van der Waals surface area contributed by atoms with Crippen LogP contribution in [0.2, 0.25) is 0 Å². The summed E-state index contributed by atoms with van der Waals surface area (Å²) in [6, 6.07) is 8.88. The van der Waals surface area contributed by atoms with E-state index >= 15 is 0 Å². The van der Waals surface area contributed by atoms with Gasteiger partial charge in [0.1, 0.15) is 0 Å². The molecule has 1 rings (SSSR count). The standard InChI is InChI=1S/C17H26S/c1-5-6-7-14(4)12-15-8-10-16(11-9-15)17(18)13(2)3/h8-11,14,18H,5-7,12H2,1-4H3. The molecule has 1 aromatic carbocycles. The largest absolute Gasteiger partial charge is 0.143 e. The molecule has 0 aromatic heterocycles. The second kappa shape index (κ2) is 7.68. The summed E-state index contributed by atoms with van der Waals surface area (Å²) in [6.07, 6.45) is 5.17. The number of benzene rings is 1. The van der Waals surface area contributed by atoms with Gasteiger partial charge in [-0.25, -0.2) is 0 Å². The Hall–Kier alpha value is -0.690. The molecule has 0 aliphatic carbocycles. The number of hydrogen-bond acceptors (Lipinski definition) is 1. The molecular weight excluding hydrogens is 236 g/mol. The zero-order chi connectivity index (χ0) is 13.5. The minimum absolute atomic E-state index is 0.787. The van der Waals surface area contributed by atoms with Crippen LogP contribution in [0.5, 0.6) is 0 Å². The fraction of sp³-hybridized carbons (Fsp3) is 0.529. The van der Waals surface area contributed by atoms with Gasteiger partial charge in [0.15, 0.2) is 0 Å². The predicted octanol–water partition coefficient (Wildman–Crippen LogP) is 5.74. The van der Waals surface area contributed by atoms with Gasteiger partial charge >= 0.3 is 0 Å². The second-order valence-corrected chi connectivity index (χ2v) is 5.94. The van der Waals surface area contributed by atoms with Crippen LogP contribution in [0.1, 0.15) is 58.1 Å². The molecule has 0 aliphatic heterocycles. The second-order valence-electron chi connectivity index (χ2n) is 5.50. The quantitative estimate of drug-likeness (QED) is 0.621. The maximum absolute atomic E-state index is 4.54. The van der Waals surface area contributed by atoms with E-state index in [1.807, 2.05) is 0 Å². The molecule has 0 spiro atoms. The summed E-state index contributed by atoms with van der Waals surface area (Å²) in [5.74, 6) is 0.787. The Labute approximate surface area is 118 Å². The van der Waals surface area contributed by atoms with Crippen molar-refractivity contribution in [2.45, 2.75) is 53.4 Å². The molecule has 0 radical (unpaired) electrons. The summed E-state index contributed by atoms with van der Waals surface area (Å²) in [5.41, 5.74) is 3.93. The van der Waals surface area contributed by atoms with Crippen LogP contribution in [-0.2, 0) is 6.42 Å². The van der Waals surface area contributed by atoms with Crippen molar-refractivity contribution in [2.75, 3.05) is 0 Å². The molecule has 1 heteroatoms. The molecule has 0 N–H and O–H groups in total. The Balaban J connectivity index is 2.63. The monoisotopic (exact) mass is 262 g/mol. The zero-order valence-electron chi connectivity index (χ0n) is 12.2. The van der Waals surface area contributed by atoms with Gasteiger partial charge in [-0.15, -0.1) is 12.6 Å².